The van der Waals surface area contributed by atoms with E-state index in [-0.39, 0.29) is 11.6 Å². The molecule has 0 fully saturated rings. The highest BCUT2D eigenvalue weighted by atomic mass is 35.5. The molecular weight excluding hydrogens is 352 g/mol. The van der Waals surface area contributed by atoms with Gasteiger partial charge >= 0.3 is 5.88 Å². The van der Waals surface area contributed by atoms with E-state index in [1.807, 2.05) is 24.4 Å². The molecule has 3 aromatic rings. The third-order valence-electron chi connectivity index (χ3n) is 3.01. The molecule has 0 saturated carbocycles. The van der Waals surface area contributed by atoms with E-state index in [1.54, 1.807) is 16.8 Å². The largest absolute Gasteiger partial charge is 0.433 e. The van der Waals surface area contributed by atoms with E-state index >= 15 is 0 Å². The lowest BCUT2D eigenvalue weighted by Crippen LogP contribution is -2.11. The van der Waals surface area contributed by atoms with Crippen LogP contribution in [0, 0.1) is 17.0 Å². The van der Waals surface area contributed by atoms with Crippen molar-refractivity contribution in [1.29, 1.82) is 0 Å². The predicted octanol–water partition coefficient (Wildman–Crippen LogP) is 4.13. The van der Waals surface area contributed by atoms with Gasteiger partial charge in [-0.3, -0.25) is 10.1 Å². The fourth-order valence-corrected chi connectivity index (χ4v) is 2.87. The van der Waals surface area contributed by atoms with E-state index < -0.39 is 4.92 Å². The Morgan fingerprint density at radius 2 is 2.12 bits per heavy atom. The highest BCUT2D eigenvalue weighted by molar-refractivity contribution is 7.07. The van der Waals surface area contributed by atoms with Gasteiger partial charge in [-0.1, -0.05) is 23.7 Å². The number of nitrogens with zero attached hydrogens (tertiary/aromatic N) is 4. The van der Waals surface area contributed by atoms with Crippen molar-refractivity contribution in [3.05, 3.63) is 73.2 Å². The summed E-state index contributed by atoms with van der Waals surface area (Å²) in [7, 11) is 0. The fraction of sp³-hybridized carbons (Fsp3) is 0.0667. The van der Waals surface area contributed by atoms with Gasteiger partial charge in [0.25, 0.3) is 0 Å². The molecule has 1 aromatic carbocycles. The number of hydrogen-bond donors (Lipinski definition) is 0. The van der Waals surface area contributed by atoms with Gasteiger partial charge in [-0.15, -0.1) is 11.3 Å². The second kappa shape index (κ2) is 6.81. The second-order valence-corrected chi connectivity index (χ2v) is 5.96. The molecule has 0 unspecified atom stereocenters. The first kappa shape index (κ1) is 16.2. The van der Waals surface area contributed by atoms with Gasteiger partial charge in [-0.25, -0.2) is 9.67 Å². The van der Waals surface area contributed by atoms with Crippen LogP contribution in [0.5, 0.6) is 0 Å². The molecule has 0 bridgehead atoms. The molecule has 122 valence electrons. The molecule has 0 saturated heterocycles. The van der Waals surface area contributed by atoms with Crippen LogP contribution >= 0.6 is 22.9 Å². The van der Waals surface area contributed by atoms with Crippen LogP contribution in [0.25, 0.3) is 0 Å². The van der Waals surface area contributed by atoms with Crippen LogP contribution in [-0.2, 0) is 0 Å². The minimum absolute atomic E-state index is 0.281. The summed E-state index contributed by atoms with van der Waals surface area (Å²) in [4.78, 5) is 15.2. The monoisotopic (exact) mass is 362 g/mol. The van der Waals surface area contributed by atoms with E-state index in [1.165, 1.54) is 29.7 Å². The Morgan fingerprint density at radius 1 is 1.33 bits per heavy atom. The third kappa shape index (κ3) is 3.44. The van der Waals surface area contributed by atoms with Gasteiger partial charge in [0, 0.05) is 5.38 Å². The van der Waals surface area contributed by atoms with Gasteiger partial charge in [-0.05, 0) is 25.1 Å². The van der Waals surface area contributed by atoms with Gasteiger partial charge < -0.3 is 4.42 Å². The summed E-state index contributed by atoms with van der Waals surface area (Å²) in [6.07, 6.45) is 1.40. The molecule has 7 nitrogen and oxygen atoms in total. The van der Waals surface area contributed by atoms with Crippen molar-refractivity contribution < 1.29 is 9.34 Å². The molecule has 2 aromatic heterocycles. The molecular formula is C15H11ClN4O3S. The molecule has 2 heterocycles. The van der Waals surface area contributed by atoms with Crippen LogP contribution in [-0.4, -0.2) is 15.8 Å². The first-order chi connectivity index (χ1) is 11.5. The molecule has 0 N–H and O–H groups in total. The third-order valence-corrected chi connectivity index (χ3v) is 4.27. The minimum atomic E-state index is -0.599. The zero-order chi connectivity index (χ0) is 17.1. The van der Waals surface area contributed by atoms with Crippen molar-refractivity contribution in [2.75, 3.05) is 0 Å². The summed E-state index contributed by atoms with van der Waals surface area (Å²) in [5.74, 6) is -0.0482. The lowest BCUT2D eigenvalue weighted by atomic mass is 10.3. The van der Waals surface area contributed by atoms with Gasteiger partial charge in [0.15, 0.2) is 5.76 Å². The van der Waals surface area contributed by atoms with Crippen LogP contribution in [0.4, 0.5) is 11.6 Å². The molecule has 0 aliphatic heterocycles. The number of thiazole rings is 1. The first-order valence-corrected chi connectivity index (χ1v) is 8.05. The molecule has 0 spiro atoms. The van der Waals surface area contributed by atoms with Crippen molar-refractivity contribution in [3.63, 3.8) is 0 Å². The van der Waals surface area contributed by atoms with Gasteiger partial charge in [0.05, 0.1) is 28.7 Å². The Balaban J connectivity index is 1.97. The van der Waals surface area contributed by atoms with Gasteiger partial charge in [0.1, 0.15) is 4.92 Å². The smallest absolute Gasteiger partial charge is 0.400 e. The van der Waals surface area contributed by atoms with Crippen molar-refractivity contribution >= 4 is 40.7 Å². The van der Waals surface area contributed by atoms with Crippen molar-refractivity contribution in [1.82, 2.24) is 4.68 Å². The number of aromatic nitrogens is 1. The van der Waals surface area contributed by atoms with Crippen LogP contribution in [0.3, 0.4) is 0 Å². The summed E-state index contributed by atoms with van der Waals surface area (Å²) >= 11 is 7.53. The summed E-state index contributed by atoms with van der Waals surface area (Å²) in [5, 5.41) is 17.4. The van der Waals surface area contributed by atoms with E-state index in [2.05, 4.69) is 10.1 Å². The zero-order valence-corrected chi connectivity index (χ0v) is 14.0. The number of benzene rings is 1. The molecule has 9 heteroatoms. The lowest BCUT2D eigenvalue weighted by molar-refractivity contribution is -0.402. The SMILES string of the molecule is Cc1csc(=Nc2ccccc2Cl)n1N=Cc1ccc([N+](=O)[O-])o1. The minimum Gasteiger partial charge on any atom is -0.400 e. The topological polar surface area (TPSA) is 85.9 Å². The summed E-state index contributed by atoms with van der Waals surface area (Å²) in [5.41, 5.74) is 1.50. The van der Waals surface area contributed by atoms with Crippen LogP contribution in [0.15, 0.2) is 56.3 Å². The van der Waals surface area contributed by atoms with E-state index in [0.717, 1.165) is 5.69 Å². The van der Waals surface area contributed by atoms with Crippen molar-refractivity contribution in [2.45, 2.75) is 6.92 Å². The Morgan fingerprint density at radius 3 is 2.83 bits per heavy atom. The maximum absolute atomic E-state index is 10.6. The quantitative estimate of drug-likeness (QED) is 0.397. The van der Waals surface area contributed by atoms with Crippen molar-refractivity contribution in [3.8, 4) is 0 Å². The number of halogens is 1. The molecule has 0 aliphatic rings. The molecule has 24 heavy (non-hydrogen) atoms. The zero-order valence-electron chi connectivity index (χ0n) is 12.4. The number of nitro groups is 1. The highest BCUT2D eigenvalue weighted by Gasteiger charge is 2.10. The van der Waals surface area contributed by atoms with Gasteiger partial charge in [0.2, 0.25) is 4.80 Å². The molecule has 0 atom stereocenters. The summed E-state index contributed by atoms with van der Waals surface area (Å²) < 4.78 is 6.66. The van der Waals surface area contributed by atoms with E-state index in [4.69, 9.17) is 16.0 Å². The Hall–Kier alpha value is -2.71. The summed E-state index contributed by atoms with van der Waals surface area (Å²) in [6.45, 7) is 1.88. The van der Waals surface area contributed by atoms with Gasteiger partial charge in [-0.2, -0.15) is 5.10 Å². The molecule has 0 amide bonds. The molecule has 3 rings (SSSR count). The van der Waals surface area contributed by atoms with Crippen molar-refractivity contribution in [2.24, 2.45) is 10.1 Å². The Labute approximate surface area is 145 Å². The Kier molecular flexibility index (Phi) is 4.59. The number of furan rings is 1. The van der Waals surface area contributed by atoms with Crippen LogP contribution < -0.4 is 4.80 Å². The molecule has 0 radical (unpaired) electrons. The lowest BCUT2D eigenvalue weighted by Gasteiger charge is -1.98. The molecule has 0 aliphatic carbocycles. The normalized spacial score (nSPS) is 12.2. The number of rotatable bonds is 4. The number of para-hydroxylation sites is 1. The maximum atomic E-state index is 10.6. The highest BCUT2D eigenvalue weighted by Crippen LogP contribution is 2.23. The van der Waals surface area contributed by atoms with Crippen LogP contribution in [0.2, 0.25) is 5.02 Å². The number of aryl methyl sites for hydroxylation is 1. The first-order valence-electron chi connectivity index (χ1n) is 6.79. The second-order valence-electron chi connectivity index (χ2n) is 4.71. The number of hydrogen-bond acceptors (Lipinski definition) is 6. The average molecular weight is 363 g/mol. The standard InChI is InChI=1S/C15H11ClN4O3S/c1-10-9-24-15(18-13-5-3-2-4-12(13)16)19(10)17-8-11-6-7-14(23-11)20(21)22/h2-9H,1H3. The summed E-state index contributed by atoms with van der Waals surface area (Å²) in [6, 6.07) is 10.0. The van der Waals surface area contributed by atoms with E-state index in [9.17, 15) is 10.1 Å². The average Bonchev–Trinajstić information content (AvgIpc) is 3.15. The predicted molar refractivity (Wildman–Crippen MR) is 92.1 cm³/mol. The maximum Gasteiger partial charge on any atom is 0.433 e. The van der Waals surface area contributed by atoms with Crippen LogP contribution in [0.1, 0.15) is 11.5 Å². The van der Waals surface area contributed by atoms with E-state index in [0.29, 0.717) is 15.5 Å². The fourth-order valence-electron chi connectivity index (χ4n) is 1.87. The Bertz CT molecular complexity index is 987.